The topological polar surface area (TPSA) is 58.6 Å². The van der Waals surface area contributed by atoms with Crippen molar-refractivity contribution in [3.63, 3.8) is 0 Å². The van der Waals surface area contributed by atoms with E-state index in [0.29, 0.717) is 12.8 Å². The Morgan fingerprint density at radius 3 is 2.57 bits per heavy atom. The quantitative estimate of drug-likeness (QED) is 0.593. The summed E-state index contributed by atoms with van der Waals surface area (Å²) in [6.45, 7) is 4.83. The lowest BCUT2D eigenvalue weighted by molar-refractivity contribution is -0.148. The fraction of sp³-hybridized carbons (Fsp3) is 0.750. The molecule has 0 saturated carbocycles. The number of nitrogens with zero attached hydrogens (tertiary/aromatic N) is 1. The van der Waals surface area contributed by atoms with Crippen LogP contribution < -0.4 is 5.32 Å². The van der Waals surface area contributed by atoms with Gasteiger partial charge in [-0.3, -0.25) is 14.5 Å². The maximum absolute atomic E-state index is 12.3. The highest BCUT2D eigenvalue weighted by molar-refractivity contribution is 5.81. The summed E-state index contributed by atoms with van der Waals surface area (Å²) in [5.41, 5.74) is -0.590. The SMILES string of the molecule is C#CC(CC)(CC)NC(=O)CN1CCCCC1C(=O)OC. The number of likely N-dealkylation sites (tertiary alicyclic amines) is 1. The Morgan fingerprint density at radius 1 is 1.38 bits per heavy atom. The van der Waals surface area contributed by atoms with Gasteiger partial charge in [0.05, 0.1) is 13.7 Å². The van der Waals surface area contributed by atoms with Gasteiger partial charge in [-0.25, -0.2) is 0 Å². The molecular weight excluding hydrogens is 268 g/mol. The second kappa shape index (κ2) is 8.04. The van der Waals surface area contributed by atoms with Gasteiger partial charge in [0.15, 0.2) is 0 Å². The maximum atomic E-state index is 12.3. The molecule has 5 nitrogen and oxygen atoms in total. The van der Waals surface area contributed by atoms with Crippen LogP contribution in [0.3, 0.4) is 0 Å². The van der Waals surface area contributed by atoms with E-state index in [0.717, 1.165) is 25.8 Å². The van der Waals surface area contributed by atoms with E-state index in [1.807, 2.05) is 18.7 Å². The van der Waals surface area contributed by atoms with Crippen LogP contribution in [0.4, 0.5) is 0 Å². The summed E-state index contributed by atoms with van der Waals surface area (Å²) in [7, 11) is 1.38. The number of nitrogens with one attached hydrogen (secondary N) is 1. The monoisotopic (exact) mass is 294 g/mol. The van der Waals surface area contributed by atoms with Crippen LogP contribution in [-0.4, -0.2) is 48.6 Å². The Labute approximate surface area is 127 Å². The first kappa shape index (κ1) is 17.5. The molecule has 1 saturated heterocycles. The van der Waals surface area contributed by atoms with Crippen molar-refractivity contribution in [2.45, 2.75) is 57.5 Å². The van der Waals surface area contributed by atoms with Crippen LogP contribution in [0, 0.1) is 12.3 Å². The summed E-state index contributed by atoms with van der Waals surface area (Å²) in [5.74, 6) is 2.29. The molecule has 1 fully saturated rings. The molecule has 0 spiro atoms. The zero-order valence-electron chi connectivity index (χ0n) is 13.3. The standard InChI is InChI=1S/C16H26N2O3/c1-5-16(6-2,7-3)17-14(19)12-18-11-9-8-10-13(18)15(20)21-4/h1,13H,6-12H2,2-4H3,(H,17,19). The van der Waals surface area contributed by atoms with Gasteiger partial charge in [0, 0.05) is 0 Å². The van der Waals surface area contributed by atoms with Gasteiger partial charge in [0.1, 0.15) is 11.6 Å². The van der Waals surface area contributed by atoms with Crippen molar-refractivity contribution in [3.05, 3.63) is 0 Å². The molecule has 1 aliphatic heterocycles. The number of rotatable bonds is 6. The molecule has 0 radical (unpaired) electrons. The lowest BCUT2D eigenvalue weighted by Crippen LogP contribution is -2.53. The fourth-order valence-electron chi connectivity index (χ4n) is 2.74. The maximum Gasteiger partial charge on any atom is 0.323 e. The van der Waals surface area contributed by atoms with E-state index in [9.17, 15) is 9.59 Å². The molecule has 1 heterocycles. The van der Waals surface area contributed by atoms with Crippen LogP contribution in [0.1, 0.15) is 46.0 Å². The van der Waals surface area contributed by atoms with Crippen molar-refractivity contribution in [3.8, 4) is 12.3 Å². The highest BCUT2D eigenvalue weighted by Gasteiger charge is 2.32. The number of carbonyl (C=O) groups is 2. The van der Waals surface area contributed by atoms with E-state index in [-0.39, 0.29) is 24.5 Å². The Hall–Kier alpha value is -1.54. The van der Waals surface area contributed by atoms with Gasteiger partial charge in [-0.1, -0.05) is 26.2 Å². The van der Waals surface area contributed by atoms with Gasteiger partial charge in [-0.2, -0.15) is 0 Å². The van der Waals surface area contributed by atoms with E-state index in [1.54, 1.807) is 0 Å². The Balaban J connectivity index is 2.68. The van der Waals surface area contributed by atoms with Crippen molar-refractivity contribution < 1.29 is 14.3 Å². The molecule has 0 aromatic heterocycles. The number of hydrogen-bond donors (Lipinski definition) is 1. The summed E-state index contributed by atoms with van der Waals surface area (Å²) in [5, 5.41) is 2.94. The summed E-state index contributed by atoms with van der Waals surface area (Å²) < 4.78 is 4.82. The molecule has 0 aromatic rings. The minimum atomic E-state index is -0.590. The molecule has 118 valence electrons. The van der Waals surface area contributed by atoms with Crippen LogP contribution in [0.5, 0.6) is 0 Å². The molecule has 21 heavy (non-hydrogen) atoms. The average Bonchev–Trinajstić information content (AvgIpc) is 2.52. The zero-order chi connectivity index (χ0) is 15.9. The molecule has 5 heteroatoms. The normalized spacial score (nSPS) is 19.6. The molecule has 0 aromatic carbocycles. The van der Waals surface area contributed by atoms with E-state index < -0.39 is 5.54 Å². The van der Waals surface area contributed by atoms with E-state index in [2.05, 4.69) is 11.2 Å². The molecule has 1 rings (SSSR count). The third kappa shape index (κ3) is 4.47. The van der Waals surface area contributed by atoms with Crippen LogP contribution in [-0.2, 0) is 14.3 Å². The summed E-state index contributed by atoms with van der Waals surface area (Å²) >= 11 is 0. The van der Waals surface area contributed by atoms with Crippen LogP contribution in [0.15, 0.2) is 0 Å². The number of hydrogen-bond acceptors (Lipinski definition) is 4. The predicted molar refractivity (Wildman–Crippen MR) is 81.5 cm³/mol. The second-order valence-corrected chi connectivity index (χ2v) is 5.49. The zero-order valence-corrected chi connectivity index (χ0v) is 13.3. The first-order chi connectivity index (χ1) is 10.0. The van der Waals surface area contributed by atoms with E-state index >= 15 is 0 Å². The third-order valence-corrected chi connectivity index (χ3v) is 4.30. The van der Waals surface area contributed by atoms with Crippen molar-refractivity contribution >= 4 is 11.9 Å². The van der Waals surface area contributed by atoms with Crippen molar-refractivity contribution in [1.29, 1.82) is 0 Å². The minimum Gasteiger partial charge on any atom is -0.468 e. The first-order valence-electron chi connectivity index (χ1n) is 7.62. The van der Waals surface area contributed by atoms with Crippen molar-refractivity contribution in [2.24, 2.45) is 0 Å². The van der Waals surface area contributed by atoms with Gasteiger partial charge >= 0.3 is 5.97 Å². The lowest BCUT2D eigenvalue weighted by Gasteiger charge is -2.34. The number of esters is 1. The van der Waals surface area contributed by atoms with Gasteiger partial charge in [-0.05, 0) is 32.2 Å². The largest absolute Gasteiger partial charge is 0.468 e. The number of amides is 1. The summed E-state index contributed by atoms with van der Waals surface area (Å²) in [4.78, 5) is 25.9. The number of piperidine rings is 1. The lowest BCUT2D eigenvalue weighted by atomic mass is 9.94. The van der Waals surface area contributed by atoms with Crippen LogP contribution in [0.25, 0.3) is 0 Å². The smallest absolute Gasteiger partial charge is 0.323 e. The number of methoxy groups -OCH3 is 1. The molecule has 1 N–H and O–H groups in total. The Bertz CT molecular complexity index is 410. The van der Waals surface area contributed by atoms with Crippen molar-refractivity contribution in [2.75, 3.05) is 20.2 Å². The minimum absolute atomic E-state index is 0.132. The second-order valence-electron chi connectivity index (χ2n) is 5.49. The Morgan fingerprint density at radius 2 is 2.05 bits per heavy atom. The third-order valence-electron chi connectivity index (χ3n) is 4.30. The number of terminal acetylenes is 1. The van der Waals surface area contributed by atoms with Gasteiger partial charge in [-0.15, -0.1) is 6.42 Å². The molecule has 0 bridgehead atoms. The molecule has 0 aliphatic carbocycles. The molecule has 1 aliphatic rings. The molecule has 1 unspecified atom stereocenters. The molecular formula is C16H26N2O3. The molecule has 1 amide bonds. The number of carbonyl (C=O) groups excluding carboxylic acids is 2. The van der Waals surface area contributed by atoms with Gasteiger partial charge in [0.25, 0.3) is 0 Å². The Kier molecular flexibility index (Phi) is 6.70. The van der Waals surface area contributed by atoms with Gasteiger partial charge in [0.2, 0.25) is 5.91 Å². The van der Waals surface area contributed by atoms with E-state index in [1.165, 1.54) is 7.11 Å². The number of ether oxygens (including phenoxy) is 1. The summed E-state index contributed by atoms with van der Waals surface area (Å²) in [6, 6.07) is -0.321. The summed E-state index contributed by atoms with van der Waals surface area (Å²) in [6.07, 6.45) is 9.64. The van der Waals surface area contributed by atoms with E-state index in [4.69, 9.17) is 11.2 Å². The predicted octanol–water partition coefficient (Wildman–Crippen LogP) is 1.32. The van der Waals surface area contributed by atoms with Crippen LogP contribution in [0.2, 0.25) is 0 Å². The highest BCUT2D eigenvalue weighted by atomic mass is 16.5. The fourth-order valence-corrected chi connectivity index (χ4v) is 2.74. The average molecular weight is 294 g/mol. The van der Waals surface area contributed by atoms with Crippen molar-refractivity contribution in [1.82, 2.24) is 10.2 Å². The van der Waals surface area contributed by atoms with Crippen LogP contribution >= 0.6 is 0 Å². The van der Waals surface area contributed by atoms with Gasteiger partial charge < -0.3 is 10.1 Å². The first-order valence-corrected chi connectivity index (χ1v) is 7.62. The highest BCUT2D eigenvalue weighted by Crippen LogP contribution is 2.18. The molecule has 1 atom stereocenters.